The predicted molar refractivity (Wildman–Crippen MR) is 85.4 cm³/mol. The normalized spacial score (nSPS) is 14.7. The van der Waals surface area contributed by atoms with Crippen molar-refractivity contribution in [3.05, 3.63) is 35.6 Å². The Morgan fingerprint density at radius 1 is 1.35 bits per heavy atom. The number of aliphatic hydroxyl groups is 1. The summed E-state index contributed by atoms with van der Waals surface area (Å²) in [5.74, 6) is -1.76. The number of imidazole rings is 1. The van der Waals surface area contributed by atoms with Gasteiger partial charge in [-0.25, -0.2) is 13.4 Å². The van der Waals surface area contributed by atoms with Crippen LogP contribution in [0, 0.1) is 0 Å². The zero-order valence-electron chi connectivity index (χ0n) is 13.4. The minimum Gasteiger partial charge on any atom is -0.373 e. The standard InChI is InChI=1S/C14H13ClF3N3O4S/c1-13(23,14(16,17)18)11(22)20-10-4-3-8(7-9(10)15)26(24,25)12-19-5-6-21(12)2/h3-7,23H,1-2H3,(H,20,22). The average Bonchev–Trinajstić information content (AvgIpc) is 2.94. The number of carbonyl (C=O) groups is 1. The van der Waals surface area contributed by atoms with E-state index in [4.69, 9.17) is 11.6 Å². The van der Waals surface area contributed by atoms with Gasteiger partial charge >= 0.3 is 6.18 Å². The summed E-state index contributed by atoms with van der Waals surface area (Å²) in [6.07, 6.45) is -2.50. The molecule has 0 bridgehead atoms. The van der Waals surface area contributed by atoms with Gasteiger partial charge in [-0.1, -0.05) is 11.6 Å². The molecule has 0 saturated carbocycles. The smallest absolute Gasteiger partial charge is 0.373 e. The number of halogens is 4. The van der Waals surface area contributed by atoms with Crippen LogP contribution in [0.4, 0.5) is 18.9 Å². The lowest BCUT2D eigenvalue weighted by Crippen LogP contribution is -2.52. The summed E-state index contributed by atoms with van der Waals surface area (Å²) in [4.78, 5) is 15.1. The van der Waals surface area contributed by atoms with Crippen molar-refractivity contribution in [3.63, 3.8) is 0 Å². The third kappa shape index (κ3) is 3.55. The number of carbonyl (C=O) groups excluding carboxylic acids is 1. The molecule has 1 aromatic carbocycles. The van der Waals surface area contributed by atoms with Crippen molar-refractivity contribution >= 4 is 33.0 Å². The maximum absolute atomic E-state index is 12.7. The largest absolute Gasteiger partial charge is 0.426 e. The fourth-order valence-electron chi connectivity index (χ4n) is 1.85. The first kappa shape index (κ1) is 20.2. The molecule has 26 heavy (non-hydrogen) atoms. The summed E-state index contributed by atoms with van der Waals surface area (Å²) in [5.41, 5.74) is -3.94. The Hall–Kier alpha value is -2.11. The molecule has 1 aromatic heterocycles. The number of nitrogens with zero attached hydrogens (tertiary/aromatic N) is 2. The van der Waals surface area contributed by atoms with Gasteiger partial charge in [0.2, 0.25) is 20.6 Å². The van der Waals surface area contributed by atoms with Gasteiger partial charge in [0.1, 0.15) is 0 Å². The Kier molecular flexibility index (Phi) is 5.10. The molecule has 0 saturated heterocycles. The van der Waals surface area contributed by atoms with Crippen LogP contribution in [0.2, 0.25) is 5.02 Å². The molecule has 0 fully saturated rings. The van der Waals surface area contributed by atoms with Crippen molar-refractivity contribution in [1.29, 1.82) is 0 Å². The number of hydrogen-bond acceptors (Lipinski definition) is 5. The van der Waals surface area contributed by atoms with Gasteiger partial charge in [0.05, 0.1) is 15.6 Å². The number of rotatable bonds is 4. The molecule has 1 amide bonds. The maximum Gasteiger partial charge on any atom is 0.426 e. The van der Waals surface area contributed by atoms with E-state index in [1.807, 2.05) is 5.32 Å². The summed E-state index contributed by atoms with van der Waals surface area (Å²) < 4.78 is 64.2. The summed E-state index contributed by atoms with van der Waals surface area (Å²) >= 11 is 5.88. The summed E-state index contributed by atoms with van der Waals surface area (Å²) in [7, 11) is -2.55. The molecule has 1 unspecified atom stereocenters. The third-order valence-electron chi connectivity index (χ3n) is 3.51. The van der Waals surface area contributed by atoms with E-state index in [0.29, 0.717) is 0 Å². The quantitative estimate of drug-likeness (QED) is 0.802. The number of alkyl halides is 3. The summed E-state index contributed by atoms with van der Waals surface area (Å²) in [6.45, 7) is 0.288. The summed E-state index contributed by atoms with van der Waals surface area (Å²) in [6, 6.07) is 3.03. The molecule has 0 radical (unpaired) electrons. The minimum atomic E-state index is -5.20. The van der Waals surface area contributed by atoms with E-state index in [-0.39, 0.29) is 27.7 Å². The van der Waals surface area contributed by atoms with E-state index in [9.17, 15) is 31.5 Å². The number of sulfone groups is 1. The van der Waals surface area contributed by atoms with E-state index in [1.165, 1.54) is 24.0 Å². The topological polar surface area (TPSA) is 101 Å². The van der Waals surface area contributed by atoms with Gasteiger partial charge in [-0.3, -0.25) is 4.79 Å². The molecule has 0 aliphatic rings. The van der Waals surface area contributed by atoms with E-state index in [2.05, 4.69) is 4.98 Å². The van der Waals surface area contributed by atoms with Crippen molar-refractivity contribution in [2.24, 2.45) is 7.05 Å². The van der Waals surface area contributed by atoms with E-state index in [0.717, 1.165) is 18.2 Å². The second kappa shape index (κ2) is 6.56. The first-order chi connectivity index (χ1) is 11.8. The lowest BCUT2D eigenvalue weighted by molar-refractivity contribution is -0.242. The van der Waals surface area contributed by atoms with Gasteiger partial charge in [-0.05, 0) is 25.1 Å². The predicted octanol–water partition coefficient (Wildman–Crippen LogP) is 2.16. The number of aromatic nitrogens is 2. The first-order valence-electron chi connectivity index (χ1n) is 6.91. The van der Waals surface area contributed by atoms with Crippen LogP contribution in [0.25, 0.3) is 0 Å². The Morgan fingerprint density at radius 2 is 1.96 bits per heavy atom. The molecule has 1 heterocycles. The molecule has 0 spiro atoms. The van der Waals surface area contributed by atoms with Gasteiger partial charge in [0.25, 0.3) is 5.91 Å². The monoisotopic (exact) mass is 411 g/mol. The van der Waals surface area contributed by atoms with Gasteiger partial charge in [0, 0.05) is 19.4 Å². The van der Waals surface area contributed by atoms with Gasteiger partial charge < -0.3 is 15.0 Å². The third-order valence-corrected chi connectivity index (χ3v) is 5.57. The highest BCUT2D eigenvalue weighted by atomic mass is 35.5. The van der Waals surface area contributed by atoms with Crippen LogP contribution < -0.4 is 5.32 Å². The van der Waals surface area contributed by atoms with Crippen LogP contribution in [-0.2, 0) is 21.7 Å². The van der Waals surface area contributed by atoms with Crippen molar-refractivity contribution in [3.8, 4) is 0 Å². The van der Waals surface area contributed by atoms with Crippen LogP contribution >= 0.6 is 11.6 Å². The fourth-order valence-corrected chi connectivity index (χ4v) is 3.52. The second-order valence-electron chi connectivity index (χ2n) is 5.49. The van der Waals surface area contributed by atoms with Crippen molar-refractivity contribution in [2.45, 2.75) is 28.8 Å². The van der Waals surface area contributed by atoms with Gasteiger partial charge in [-0.15, -0.1) is 0 Å². The Morgan fingerprint density at radius 3 is 2.42 bits per heavy atom. The van der Waals surface area contributed by atoms with Crippen LogP contribution in [0.15, 0.2) is 40.6 Å². The molecule has 0 aliphatic carbocycles. The highest BCUT2D eigenvalue weighted by molar-refractivity contribution is 7.91. The van der Waals surface area contributed by atoms with E-state index in [1.54, 1.807) is 0 Å². The number of benzene rings is 1. The molecule has 2 aromatic rings. The number of amides is 1. The molecule has 12 heteroatoms. The highest BCUT2D eigenvalue weighted by Gasteiger charge is 2.55. The minimum absolute atomic E-state index is 0.259. The first-order valence-corrected chi connectivity index (χ1v) is 8.77. The van der Waals surface area contributed by atoms with Crippen LogP contribution in [0.3, 0.4) is 0 Å². The molecule has 2 N–H and O–H groups in total. The van der Waals surface area contributed by atoms with E-state index >= 15 is 0 Å². The zero-order valence-corrected chi connectivity index (χ0v) is 14.9. The molecular weight excluding hydrogens is 399 g/mol. The Balaban J connectivity index is 2.34. The maximum atomic E-state index is 12.7. The molecule has 2 rings (SSSR count). The van der Waals surface area contributed by atoms with Crippen LogP contribution in [0.1, 0.15) is 6.92 Å². The molecule has 142 valence electrons. The van der Waals surface area contributed by atoms with Gasteiger partial charge in [0.15, 0.2) is 0 Å². The van der Waals surface area contributed by atoms with Crippen molar-refractivity contribution in [2.75, 3.05) is 5.32 Å². The molecule has 0 aliphatic heterocycles. The van der Waals surface area contributed by atoms with Crippen molar-refractivity contribution in [1.82, 2.24) is 9.55 Å². The lowest BCUT2D eigenvalue weighted by atomic mass is 10.1. The molecular formula is C14H13ClF3N3O4S. The number of aryl methyl sites for hydroxylation is 1. The molecule has 7 nitrogen and oxygen atoms in total. The number of anilines is 1. The van der Waals surface area contributed by atoms with E-state index < -0.39 is 27.5 Å². The van der Waals surface area contributed by atoms with Crippen molar-refractivity contribution < 1.29 is 31.5 Å². The lowest BCUT2D eigenvalue weighted by Gasteiger charge is -2.25. The number of hydrogen-bond donors (Lipinski definition) is 2. The Labute approximate surface area is 151 Å². The van der Waals surface area contributed by atoms with Gasteiger partial charge in [-0.2, -0.15) is 13.2 Å². The zero-order chi connectivity index (χ0) is 19.9. The molecule has 1 atom stereocenters. The SMILES string of the molecule is Cn1ccnc1S(=O)(=O)c1ccc(NC(=O)C(C)(O)C(F)(F)F)c(Cl)c1. The van der Waals surface area contributed by atoms with Crippen LogP contribution in [0.5, 0.6) is 0 Å². The fraction of sp³-hybridized carbons (Fsp3) is 0.286. The second-order valence-corrected chi connectivity index (χ2v) is 7.74. The average molecular weight is 412 g/mol. The number of nitrogens with one attached hydrogen (secondary N) is 1. The summed E-state index contributed by atoms with van der Waals surface area (Å²) in [5, 5.41) is 10.6. The highest BCUT2D eigenvalue weighted by Crippen LogP contribution is 2.33. The van der Waals surface area contributed by atoms with Crippen LogP contribution in [-0.4, -0.2) is 40.8 Å². The Bertz CT molecular complexity index is 955.